The average molecular weight is 326 g/mol. The Hall–Kier alpha value is -1.87. The first kappa shape index (κ1) is 15.6. The van der Waals surface area contributed by atoms with Crippen molar-refractivity contribution in [3.8, 4) is 5.75 Å². The highest BCUT2D eigenvalue weighted by Crippen LogP contribution is 2.62. The van der Waals surface area contributed by atoms with E-state index in [1.165, 1.54) is 5.56 Å². The summed E-state index contributed by atoms with van der Waals surface area (Å²) < 4.78 is 26.9. The third-order valence-electron chi connectivity index (χ3n) is 5.33. The predicted molar refractivity (Wildman–Crippen MR) is 92.0 cm³/mol. The summed E-state index contributed by atoms with van der Waals surface area (Å²) in [6.07, 6.45) is 1.79. The van der Waals surface area contributed by atoms with Gasteiger partial charge < -0.3 is 9.47 Å². The first-order valence-corrected chi connectivity index (χ1v) is 8.54. The Bertz CT molecular complexity index is 794. The van der Waals surface area contributed by atoms with E-state index < -0.39 is 11.2 Å². The number of ether oxygens (including phenoxy) is 2. The molecular formula is C21H23FO2. The van der Waals surface area contributed by atoms with Crippen molar-refractivity contribution in [1.82, 2.24) is 0 Å². The van der Waals surface area contributed by atoms with E-state index in [0.717, 1.165) is 35.3 Å². The summed E-state index contributed by atoms with van der Waals surface area (Å²) in [6, 6.07) is 9.64. The third kappa shape index (κ3) is 2.26. The van der Waals surface area contributed by atoms with Gasteiger partial charge in [0.15, 0.2) is 5.60 Å². The van der Waals surface area contributed by atoms with Gasteiger partial charge in [-0.15, -0.1) is 0 Å². The van der Waals surface area contributed by atoms with Gasteiger partial charge in [-0.25, -0.2) is 4.39 Å². The van der Waals surface area contributed by atoms with E-state index in [1.54, 1.807) is 6.07 Å². The fraction of sp³-hybridized carbons (Fsp3) is 0.429. The van der Waals surface area contributed by atoms with E-state index in [-0.39, 0.29) is 5.82 Å². The van der Waals surface area contributed by atoms with Gasteiger partial charge in [0, 0.05) is 5.56 Å². The van der Waals surface area contributed by atoms with E-state index in [0.29, 0.717) is 12.2 Å². The molecule has 1 unspecified atom stereocenters. The Kier molecular flexibility index (Phi) is 3.30. The van der Waals surface area contributed by atoms with Crippen molar-refractivity contribution in [1.29, 1.82) is 0 Å². The molecule has 3 heteroatoms. The third-order valence-corrected chi connectivity index (χ3v) is 5.33. The van der Waals surface area contributed by atoms with Gasteiger partial charge in [0.1, 0.15) is 17.2 Å². The maximum atomic E-state index is 14.6. The zero-order valence-corrected chi connectivity index (χ0v) is 14.7. The summed E-state index contributed by atoms with van der Waals surface area (Å²) >= 11 is 0. The van der Waals surface area contributed by atoms with Gasteiger partial charge in [0.25, 0.3) is 0 Å². The molecule has 0 radical (unpaired) electrons. The number of hydrogen-bond acceptors (Lipinski definition) is 2. The topological polar surface area (TPSA) is 21.8 Å². The maximum absolute atomic E-state index is 14.6. The quantitative estimate of drug-likeness (QED) is 0.746. The fourth-order valence-electron chi connectivity index (χ4n) is 3.91. The monoisotopic (exact) mass is 326 g/mol. The Labute approximate surface area is 142 Å². The minimum Gasteiger partial charge on any atom is -0.483 e. The summed E-state index contributed by atoms with van der Waals surface area (Å²) in [5, 5.41) is 0. The Balaban J connectivity index is 1.71. The van der Waals surface area contributed by atoms with Crippen molar-refractivity contribution in [2.75, 3.05) is 6.61 Å². The smallest absolute Gasteiger partial charge is 0.159 e. The second kappa shape index (κ2) is 5.06. The molecule has 24 heavy (non-hydrogen) atoms. The lowest BCUT2D eigenvalue weighted by Gasteiger charge is -2.28. The van der Waals surface area contributed by atoms with Crippen LogP contribution in [0.2, 0.25) is 0 Å². The molecule has 0 amide bonds. The van der Waals surface area contributed by atoms with Crippen molar-refractivity contribution < 1.29 is 13.9 Å². The lowest BCUT2D eigenvalue weighted by molar-refractivity contribution is 0.0689. The van der Waals surface area contributed by atoms with Gasteiger partial charge in [-0.1, -0.05) is 29.8 Å². The van der Waals surface area contributed by atoms with Crippen molar-refractivity contribution >= 4 is 0 Å². The van der Waals surface area contributed by atoms with Crippen LogP contribution in [0.1, 0.15) is 40.7 Å². The molecule has 4 rings (SSSR count). The number of hydrogen-bond donors (Lipinski definition) is 0. The summed E-state index contributed by atoms with van der Waals surface area (Å²) in [5.74, 6) is 0.722. The molecule has 2 aromatic carbocycles. The van der Waals surface area contributed by atoms with Crippen LogP contribution in [0, 0.1) is 33.5 Å². The van der Waals surface area contributed by atoms with Crippen LogP contribution in [0.3, 0.4) is 0 Å². The first-order valence-electron chi connectivity index (χ1n) is 8.54. The van der Waals surface area contributed by atoms with Crippen LogP contribution in [0.5, 0.6) is 5.75 Å². The number of aryl methyl sites for hydroxylation is 4. The minimum absolute atomic E-state index is 0.195. The molecule has 0 bridgehead atoms. The van der Waals surface area contributed by atoms with E-state index in [9.17, 15) is 4.39 Å². The molecule has 1 saturated carbocycles. The molecule has 0 aromatic heterocycles. The molecular weight excluding hydrogens is 303 g/mol. The van der Waals surface area contributed by atoms with E-state index in [4.69, 9.17) is 9.47 Å². The van der Waals surface area contributed by atoms with Crippen molar-refractivity contribution in [2.45, 2.75) is 51.7 Å². The molecule has 2 aromatic rings. The standard InChI is InChI=1S/C21H23FO2/c1-13-5-6-17(18(22)11-13)21(12-23-21)20(7-8-20)24-19-15(3)9-14(2)10-16(19)4/h5-6,9-11H,7-8,12H2,1-4H3. The lowest BCUT2D eigenvalue weighted by atomic mass is 9.90. The Morgan fingerprint density at radius 1 is 0.958 bits per heavy atom. The largest absolute Gasteiger partial charge is 0.483 e. The molecule has 2 fully saturated rings. The maximum Gasteiger partial charge on any atom is 0.159 e. The molecule has 2 aliphatic rings. The lowest BCUT2D eigenvalue weighted by Crippen LogP contribution is -2.36. The van der Waals surface area contributed by atoms with E-state index >= 15 is 0 Å². The van der Waals surface area contributed by atoms with Crippen LogP contribution in [-0.4, -0.2) is 12.2 Å². The molecule has 2 nitrogen and oxygen atoms in total. The SMILES string of the molecule is Cc1cc(C)c(OC2(C3(c4ccc(C)cc4F)CO3)CC2)c(C)c1. The van der Waals surface area contributed by atoms with Gasteiger partial charge in [-0.2, -0.15) is 0 Å². The highest BCUT2D eigenvalue weighted by atomic mass is 19.1. The second-order valence-electron chi connectivity index (χ2n) is 7.42. The summed E-state index contributed by atoms with van der Waals surface area (Å²) in [7, 11) is 0. The zero-order chi connectivity index (χ0) is 17.1. The Morgan fingerprint density at radius 2 is 1.58 bits per heavy atom. The van der Waals surface area contributed by atoms with Crippen LogP contribution < -0.4 is 4.74 Å². The average Bonchev–Trinajstić information content (AvgIpc) is 3.37. The number of halogens is 1. The summed E-state index contributed by atoms with van der Waals surface area (Å²) in [4.78, 5) is 0. The summed E-state index contributed by atoms with van der Waals surface area (Å²) in [5.41, 5.74) is 3.96. The first-order chi connectivity index (χ1) is 11.4. The van der Waals surface area contributed by atoms with Crippen LogP contribution in [0.4, 0.5) is 4.39 Å². The van der Waals surface area contributed by atoms with Crippen LogP contribution in [0.15, 0.2) is 30.3 Å². The molecule has 1 atom stereocenters. The second-order valence-corrected chi connectivity index (χ2v) is 7.42. The van der Waals surface area contributed by atoms with Crippen LogP contribution in [-0.2, 0) is 10.3 Å². The van der Waals surface area contributed by atoms with Gasteiger partial charge in [-0.05, 0) is 63.3 Å². The van der Waals surface area contributed by atoms with E-state index in [1.807, 2.05) is 19.1 Å². The van der Waals surface area contributed by atoms with Gasteiger partial charge in [0.2, 0.25) is 0 Å². The highest BCUT2D eigenvalue weighted by molar-refractivity contribution is 5.46. The summed E-state index contributed by atoms with van der Waals surface area (Å²) in [6.45, 7) is 8.65. The van der Waals surface area contributed by atoms with Gasteiger partial charge >= 0.3 is 0 Å². The predicted octanol–water partition coefficient (Wildman–Crippen LogP) is 4.90. The van der Waals surface area contributed by atoms with Gasteiger partial charge in [0.05, 0.1) is 6.61 Å². The zero-order valence-electron chi connectivity index (χ0n) is 14.7. The molecule has 0 N–H and O–H groups in total. The van der Waals surface area contributed by atoms with Crippen molar-refractivity contribution in [2.24, 2.45) is 0 Å². The minimum atomic E-state index is -0.630. The molecule has 1 aliphatic heterocycles. The fourth-order valence-corrected chi connectivity index (χ4v) is 3.91. The molecule has 1 aliphatic carbocycles. The molecule has 0 spiro atoms. The highest BCUT2D eigenvalue weighted by Gasteiger charge is 2.72. The number of epoxide rings is 1. The van der Waals surface area contributed by atoms with E-state index in [2.05, 4.69) is 32.9 Å². The molecule has 1 heterocycles. The Morgan fingerprint density at radius 3 is 2.08 bits per heavy atom. The van der Waals surface area contributed by atoms with Crippen molar-refractivity contribution in [3.63, 3.8) is 0 Å². The van der Waals surface area contributed by atoms with Gasteiger partial charge in [-0.3, -0.25) is 0 Å². The molecule has 126 valence electrons. The normalized spacial score (nSPS) is 23.9. The number of benzene rings is 2. The van der Waals surface area contributed by atoms with Crippen molar-refractivity contribution in [3.05, 3.63) is 64.0 Å². The van der Waals surface area contributed by atoms with Crippen LogP contribution >= 0.6 is 0 Å². The number of rotatable bonds is 4. The molecule has 1 saturated heterocycles. The van der Waals surface area contributed by atoms with Crippen LogP contribution in [0.25, 0.3) is 0 Å².